The molecule has 3 aromatic rings. The smallest absolute Gasteiger partial charge is 0.160 e. The van der Waals surface area contributed by atoms with E-state index in [4.69, 9.17) is 11.6 Å². The third kappa shape index (κ3) is 4.27. The van der Waals surface area contributed by atoms with Crippen LogP contribution in [0.2, 0.25) is 5.02 Å². The van der Waals surface area contributed by atoms with Crippen LogP contribution in [0.1, 0.15) is 23.9 Å². The Labute approximate surface area is 157 Å². The minimum absolute atomic E-state index is 0.385. The van der Waals surface area contributed by atoms with Gasteiger partial charge in [0.2, 0.25) is 0 Å². The van der Waals surface area contributed by atoms with Crippen molar-refractivity contribution in [2.24, 2.45) is 0 Å². The van der Waals surface area contributed by atoms with Gasteiger partial charge in [0.1, 0.15) is 11.3 Å². The fourth-order valence-electron chi connectivity index (χ4n) is 2.66. The molecule has 0 aliphatic heterocycles. The molecule has 1 atom stereocenters. The van der Waals surface area contributed by atoms with Crippen LogP contribution in [0.25, 0.3) is 11.0 Å². The van der Waals surface area contributed by atoms with E-state index < -0.39 is 0 Å². The summed E-state index contributed by atoms with van der Waals surface area (Å²) in [4.78, 5) is 13.6. The van der Waals surface area contributed by atoms with Crippen molar-refractivity contribution >= 4 is 34.1 Å². The van der Waals surface area contributed by atoms with Gasteiger partial charge in [-0.25, -0.2) is 9.97 Å². The van der Waals surface area contributed by atoms with Crippen molar-refractivity contribution in [3.63, 3.8) is 0 Å². The van der Waals surface area contributed by atoms with E-state index in [-0.39, 0.29) is 6.10 Å². The van der Waals surface area contributed by atoms with Crippen molar-refractivity contribution in [1.29, 1.82) is 0 Å². The zero-order valence-electron chi connectivity index (χ0n) is 15.0. The lowest BCUT2D eigenvalue weighted by Crippen LogP contribution is -2.23. The summed E-state index contributed by atoms with van der Waals surface area (Å²) in [6.45, 7) is 6.71. The summed E-state index contributed by atoms with van der Waals surface area (Å²) in [7, 11) is 0. The zero-order valence-corrected chi connectivity index (χ0v) is 15.8. The number of hydrogen-bond donors (Lipinski definition) is 3. The number of aliphatic hydroxyl groups is 1. The summed E-state index contributed by atoms with van der Waals surface area (Å²) >= 11 is 6.21. The molecule has 0 amide bonds. The Bertz CT molecular complexity index is 929. The predicted octanol–water partition coefficient (Wildman–Crippen LogP) is 3.51. The number of nitrogens with one attached hydrogen (secondary N) is 2. The number of rotatable bonds is 6. The fraction of sp³-hybridized carbons (Fsp3) is 0.316. The van der Waals surface area contributed by atoms with Crippen LogP contribution < -0.4 is 10.6 Å². The molecule has 0 aliphatic rings. The molecule has 2 aromatic heterocycles. The molecule has 0 bridgehead atoms. The Hall–Kier alpha value is -2.28. The highest BCUT2D eigenvalue weighted by Gasteiger charge is 2.11. The van der Waals surface area contributed by atoms with Gasteiger partial charge in [-0.05, 0) is 50.1 Å². The van der Waals surface area contributed by atoms with Crippen LogP contribution >= 0.6 is 11.6 Å². The van der Waals surface area contributed by atoms with Gasteiger partial charge in [-0.15, -0.1) is 0 Å². The van der Waals surface area contributed by atoms with E-state index in [1.165, 1.54) is 0 Å². The minimum Gasteiger partial charge on any atom is -0.392 e. The lowest BCUT2D eigenvalue weighted by atomic mass is 10.2. The molecule has 0 unspecified atom stereocenters. The Balaban J connectivity index is 1.92. The molecule has 0 fully saturated rings. The number of nitrogens with zero attached hydrogens (tertiary/aromatic N) is 3. The molecule has 0 radical (unpaired) electrons. The summed E-state index contributed by atoms with van der Waals surface area (Å²) in [5.74, 6) is 1.32. The minimum atomic E-state index is -0.385. The number of aliphatic hydroxyl groups excluding tert-OH is 1. The maximum absolute atomic E-state index is 9.34. The van der Waals surface area contributed by atoms with E-state index in [2.05, 4.69) is 25.6 Å². The Morgan fingerprint density at radius 1 is 1.23 bits per heavy atom. The molecule has 3 rings (SSSR count). The van der Waals surface area contributed by atoms with Gasteiger partial charge in [-0.2, -0.15) is 0 Å². The van der Waals surface area contributed by atoms with Gasteiger partial charge >= 0.3 is 0 Å². The van der Waals surface area contributed by atoms with Crippen LogP contribution in [-0.2, 0) is 6.54 Å². The molecular formula is C19H22ClN5O. The van der Waals surface area contributed by atoms with Gasteiger partial charge in [-0.3, -0.25) is 4.98 Å². The number of aromatic nitrogens is 3. The van der Waals surface area contributed by atoms with Gasteiger partial charge in [0.15, 0.2) is 5.82 Å². The maximum Gasteiger partial charge on any atom is 0.160 e. The molecule has 0 saturated heterocycles. The average molecular weight is 372 g/mol. The Morgan fingerprint density at radius 2 is 2.04 bits per heavy atom. The predicted molar refractivity (Wildman–Crippen MR) is 105 cm³/mol. The van der Waals surface area contributed by atoms with Crippen molar-refractivity contribution in [3.8, 4) is 0 Å². The highest BCUT2D eigenvalue weighted by Crippen LogP contribution is 2.28. The quantitative estimate of drug-likeness (QED) is 0.615. The molecule has 1 aromatic carbocycles. The molecule has 0 aliphatic carbocycles. The molecule has 6 nitrogen and oxygen atoms in total. The fourth-order valence-corrected chi connectivity index (χ4v) is 2.83. The van der Waals surface area contributed by atoms with Crippen molar-refractivity contribution < 1.29 is 5.11 Å². The molecule has 0 saturated carbocycles. The van der Waals surface area contributed by atoms with Crippen molar-refractivity contribution in [1.82, 2.24) is 20.3 Å². The summed E-state index contributed by atoms with van der Waals surface area (Å²) < 4.78 is 0. The third-order valence-corrected chi connectivity index (χ3v) is 4.40. The van der Waals surface area contributed by atoms with Crippen LogP contribution in [-0.4, -0.2) is 32.7 Å². The average Bonchev–Trinajstić information content (AvgIpc) is 2.58. The van der Waals surface area contributed by atoms with Gasteiger partial charge in [0.05, 0.1) is 11.6 Å². The van der Waals surface area contributed by atoms with Gasteiger partial charge < -0.3 is 15.7 Å². The zero-order chi connectivity index (χ0) is 18.7. The summed E-state index contributed by atoms with van der Waals surface area (Å²) in [5, 5.41) is 16.6. The van der Waals surface area contributed by atoms with Crippen LogP contribution in [0, 0.1) is 13.8 Å². The first-order valence-electron chi connectivity index (χ1n) is 8.48. The van der Waals surface area contributed by atoms with E-state index in [0.717, 1.165) is 22.3 Å². The summed E-state index contributed by atoms with van der Waals surface area (Å²) in [6.07, 6.45) is 1.41. The molecule has 0 spiro atoms. The van der Waals surface area contributed by atoms with Crippen molar-refractivity contribution in [3.05, 3.63) is 52.4 Å². The number of anilines is 2. The van der Waals surface area contributed by atoms with Crippen LogP contribution in [0.4, 0.5) is 11.5 Å². The first-order chi connectivity index (χ1) is 12.4. The van der Waals surface area contributed by atoms with Crippen molar-refractivity contribution in [2.75, 3.05) is 11.9 Å². The van der Waals surface area contributed by atoms with Crippen LogP contribution in [0.3, 0.4) is 0 Å². The maximum atomic E-state index is 9.34. The summed E-state index contributed by atoms with van der Waals surface area (Å²) in [6, 6.07) is 7.70. The summed E-state index contributed by atoms with van der Waals surface area (Å²) in [5.41, 5.74) is 4.32. The van der Waals surface area contributed by atoms with E-state index in [1.807, 2.05) is 38.1 Å². The van der Waals surface area contributed by atoms with Gasteiger partial charge in [0.25, 0.3) is 0 Å². The second-order valence-electron chi connectivity index (χ2n) is 6.35. The van der Waals surface area contributed by atoms with E-state index in [1.54, 1.807) is 13.1 Å². The monoisotopic (exact) mass is 371 g/mol. The highest BCUT2D eigenvalue weighted by atomic mass is 35.5. The number of aryl methyl sites for hydroxylation is 1. The largest absolute Gasteiger partial charge is 0.392 e. The Kier molecular flexibility index (Phi) is 5.66. The number of hydrogen-bond acceptors (Lipinski definition) is 6. The highest BCUT2D eigenvalue weighted by molar-refractivity contribution is 6.31. The molecule has 136 valence electrons. The molecule has 3 N–H and O–H groups in total. The van der Waals surface area contributed by atoms with Crippen molar-refractivity contribution in [2.45, 2.75) is 33.4 Å². The lowest BCUT2D eigenvalue weighted by Gasteiger charge is -2.13. The second kappa shape index (κ2) is 7.95. The van der Waals surface area contributed by atoms with Gasteiger partial charge in [-0.1, -0.05) is 17.7 Å². The standard InChI is InChI=1S/C19H22ClN5O/c1-11(26)8-21-9-14-7-17-18(22-10-14)19(24-13(3)23-17)25-16-6-4-5-15(20)12(16)2/h4-7,10-11,21,26H,8-9H2,1-3H3,(H,23,24,25)/t11-/m0/s1. The van der Waals surface area contributed by atoms with Crippen LogP contribution in [0.15, 0.2) is 30.5 Å². The molecule has 2 heterocycles. The first kappa shape index (κ1) is 18.5. The number of halogens is 1. The number of benzene rings is 1. The molecular weight excluding hydrogens is 350 g/mol. The number of pyridine rings is 1. The normalized spacial score (nSPS) is 12.3. The van der Waals surface area contributed by atoms with Gasteiger partial charge in [0, 0.05) is 30.0 Å². The molecule has 26 heavy (non-hydrogen) atoms. The number of fused-ring (bicyclic) bond motifs is 1. The second-order valence-corrected chi connectivity index (χ2v) is 6.76. The first-order valence-corrected chi connectivity index (χ1v) is 8.86. The molecule has 7 heteroatoms. The van der Waals surface area contributed by atoms with E-state index in [0.29, 0.717) is 35.3 Å². The van der Waals surface area contributed by atoms with E-state index >= 15 is 0 Å². The Morgan fingerprint density at radius 3 is 2.81 bits per heavy atom. The van der Waals surface area contributed by atoms with Crippen LogP contribution in [0.5, 0.6) is 0 Å². The van der Waals surface area contributed by atoms with E-state index in [9.17, 15) is 5.11 Å². The lowest BCUT2D eigenvalue weighted by molar-refractivity contribution is 0.191. The third-order valence-electron chi connectivity index (χ3n) is 3.99. The topological polar surface area (TPSA) is 83.0 Å². The SMILES string of the molecule is Cc1nc(Nc2cccc(Cl)c2C)c2ncc(CNC[C@H](C)O)cc2n1.